The first-order valence-corrected chi connectivity index (χ1v) is 4.54. The molecule has 0 atom stereocenters. The normalized spacial score (nSPS) is 12.2. The summed E-state index contributed by atoms with van der Waals surface area (Å²) in [5.74, 6) is 0.560. The Bertz CT molecular complexity index is 148. The summed E-state index contributed by atoms with van der Waals surface area (Å²) in [5, 5.41) is 0. The first kappa shape index (κ1) is 11.6. The average Bonchev–Trinajstić information content (AvgIpc) is 1.99. The van der Waals surface area contributed by atoms with Crippen LogP contribution in [0.2, 0.25) is 0 Å². The maximum Gasteiger partial charge on any atom is 0.164 e. The van der Waals surface area contributed by atoms with Gasteiger partial charge >= 0.3 is 0 Å². The Hall–Kier alpha value is -0.370. The summed E-state index contributed by atoms with van der Waals surface area (Å²) in [7, 11) is 0. The number of Topliss-reactive ketones (excluding diaryl/α,β-unsaturated/α-hetero) is 1. The van der Waals surface area contributed by atoms with Crippen LogP contribution in [0, 0.1) is 11.3 Å². The van der Waals surface area contributed by atoms with Crippen LogP contribution >= 0.6 is 0 Å². The van der Waals surface area contributed by atoms with E-state index in [2.05, 4.69) is 13.8 Å². The second kappa shape index (κ2) is 4.61. The molecule has 0 aromatic rings. The van der Waals surface area contributed by atoms with Crippen molar-refractivity contribution in [3.63, 3.8) is 0 Å². The standard InChI is InChI=1S/C10H20O2/c1-6-12-7-9(11)10(4,5)8(2)3/h8H,6-7H2,1-5H3. The average molecular weight is 172 g/mol. The Labute approximate surface area is 75.3 Å². The third kappa shape index (κ3) is 2.94. The molecular formula is C10H20O2. The van der Waals surface area contributed by atoms with Crippen molar-refractivity contribution in [2.75, 3.05) is 13.2 Å². The molecule has 0 heterocycles. The van der Waals surface area contributed by atoms with Gasteiger partial charge in [0.1, 0.15) is 6.61 Å². The highest BCUT2D eigenvalue weighted by Gasteiger charge is 2.30. The Morgan fingerprint density at radius 1 is 1.42 bits per heavy atom. The van der Waals surface area contributed by atoms with Gasteiger partial charge in [-0.15, -0.1) is 0 Å². The van der Waals surface area contributed by atoms with Gasteiger partial charge in [-0.1, -0.05) is 27.7 Å². The second-order valence-electron chi connectivity index (χ2n) is 3.94. The molecule has 12 heavy (non-hydrogen) atoms. The minimum absolute atomic E-state index is 0.194. The van der Waals surface area contributed by atoms with E-state index in [1.54, 1.807) is 0 Å². The molecule has 0 rings (SSSR count). The van der Waals surface area contributed by atoms with Gasteiger partial charge in [0.25, 0.3) is 0 Å². The predicted molar refractivity (Wildman–Crippen MR) is 50.1 cm³/mol. The topological polar surface area (TPSA) is 26.3 Å². The van der Waals surface area contributed by atoms with Crippen molar-refractivity contribution >= 4 is 5.78 Å². The Morgan fingerprint density at radius 3 is 2.25 bits per heavy atom. The molecule has 0 aliphatic heterocycles. The number of ether oxygens (including phenoxy) is 1. The highest BCUT2D eigenvalue weighted by atomic mass is 16.5. The van der Waals surface area contributed by atoms with E-state index >= 15 is 0 Å². The minimum Gasteiger partial charge on any atom is -0.374 e. The van der Waals surface area contributed by atoms with Crippen molar-refractivity contribution in [1.82, 2.24) is 0 Å². The van der Waals surface area contributed by atoms with E-state index in [1.807, 2.05) is 20.8 Å². The number of carbonyl (C=O) groups is 1. The Morgan fingerprint density at radius 2 is 1.92 bits per heavy atom. The molecule has 0 N–H and O–H groups in total. The molecule has 0 fully saturated rings. The van der Waals surface area contributed by atoms with Crippen LogP contribution in [0.4, 0.5) is 0 Å². The molecule has 0 saturated carbocycles. The van der Waals surface area contributed by atoms with Crippen LogP contribution in [0.5, 0.6) is 0 Å². The van der Waals surface area contributed by atoms with Gasteiger partial charge in [0.2, 0.25) is 0 Å². The Kier molecular flexibility index (Phi) is 4.46. The van der Waals surface area contributed by atoms with Gasteiger partial charge in [0.05, 0.1) is 0 Å². The second-order valence-corrected chi connectivity index (χ2v) is 3.94. The van der Waals surface area contributed by atoms with Gasteiger partial charge in [-0.25, -0.2) is 0 Å². The minimum atomic E-state index is -0.255. The summed E-state index contributed by atoms with van der Waals surface area (Å²) in [6.07, 6.45) is 0. The first-order valence-electron chi connectivity index (χ1n) is 4.54. The van der Waals surface area contributed by atoms with Crippen LogP contribution in [0.15, 0.2) is 0 Å². The van der Waals surface area contributed by atoms with Crippen molar-refractivity contribution in [3.05, 3.63) is 0 Å². The van der Waals surface area contributed by atoms with E-state index in [9.17, 15) is 4.79 Å². The summed E-state index contributed by atoms with van der Waals surface area (Å²) in [6.45, 7) is 10.8. The highest BCUT2D eigenvalue weighted by molar-refractivity contribution is 5.85. The monoisotopic (exact) mass is 172 g/mol. The fourth-order valence-electron chi connectivity index (χ4n) is 0.703. The lowest BCUT2D eigenvalue weighted by molar-refractivity contribution is -0.133. The first-order chi connectivity index (χ1) is 5.42. The van der Waals surface area contributed by atoms with Crippen molar-refractivity contribution in [2.45, 2.75) is 34.6 Å². The number of hydrogen-bond donors (Lipinski definition) is 0. The van der Waals surface area contributed by atoms with Crippen LogP contribution in [0.3, 0.4) is 0 Å². The van der Waals surface area contributed by atoms with Crippen molar-refractivity contribution in [2.24, 2.45) is 11.3 Å². The van der Waals surface area contributed by atoms with Crippen LogP contribution in [0.25, 0.3) is 0 Å². The molecule has 0 spiro atoms. The van der Waals surface area contributed by atoms with Gasteiger partial charge in [0.15, 0.2) is 5.78 Å². The Balaban J connectivity index is 4.07. The molecule has 2 heteroatoms. The zero-order chi connectivity index (χ0) is 9.78. The third-order valence-corrected chi connectivity index (χ3v) is 2.60. The van der Waals surface area contributed by atoms with Gasteiger partial charge < -0.3 is 4.74 Å². The summed E-state index contributed by atoms with van der Waals surface area (Å²) in [6, 6.07) is 0. The van der Waals surface area contributed by atoms with Crippen molar-refractivity contribution < 1.29 is 9.53 Å². The quantitative estimate of drug-likeness (QED) is 0.636. The van der Waals surface area contributed by atoms with Gasteiger partial charge in [-0.3, -0.25) is 4.79 Å². The molecule has 0 aliphatic rings. The molecule has 0 unspecified atom stereocenters. The molecule has 2 nitrogen and oxygen atoms in total. The molecule has 0 amide bonds. The number of carbonyl (C=O) groups excluding carboxylic acids is 1. The van der Waals surface area contributed by atoms with Gasteiger partial charge in [-0.05, 0) is 12.8 Å². The number of hydrogen-bond acceptors (Lipinski definition) is 2. The molecule has 72 valence electrons. The molecule has 0 aromatic carbocycles. The predicted octanol–water partition coefficient (Wildman–Crippen LogP) is 2.27. The summed E-state index contributed by atoms with van der Waals surface area (Å²) in [4.78, 5) is 11.5. The van der Waals surface area contributed by atoms with E-state index in [4.69, 9.17) is 4.74 Å². The summed E-state index contributed by atoms with van der Waals surface area (Å²) >= 11 is 0. The van der Waals surface area contributed by atoms with E-state index in [0.717, 1.165) is 0 Å². The zero-order valence-electron chi connectivity index (χ0n) is 8.81. The summed E-state index contributed by atoms with van der Waals surface area (Å²) < 4.78 is 5.08. The van der Waals surface area contributed by atoms with E-state index < -0.39 is 0 Å². The van der Waals surface area contributed by atoms with Crippen LogP contribution in [-0.4, -0.2) is 19.0 Å². The van der Waals surface area contributed by atoms with Crippen LogP contribution < -0.4 is 0 Å². The number of rotatable bonds is 5. The largest absolute Gasteiger partial charge is 0.374 e. The van der Waals surface area contributed by atoms with Crippen LogP contribution in [0.1, 0.15) is 34.6 Å². The van der Waals surface area contributed by atoms with E-state index in [0.29, 0.717) is 12.5 Å². The highest BCUT2D eigenvalue weighted by Crippen LogP contribution is 2.26. The van der Waals surface area contributed by atoms with Crippen molar-refractivity contribution in [3.8, 4) is 0 Å². The number of ketones is 1. The molecule has 0 bridgehead atoms. The van der Waals surface area contributed by atoms with E-state index in [-0.39, 0.29) is 17.8 Å². The molecule has 0 aliphatic carbocycles. The van der Waals surface area contributed by atoms with E-state index in [1.165, 1.54) is 0 Å². The molecular weight excluding hydrogens is 152 g/mol. The zero-order valence-corrected chi connectivity index (χ0v) is 8.81. The molecule has 0 radical (unpaired) electrons. The molecule has 0 saturated heterocycles. The smallest absolute Gasteiger partial charge is 0.164 e. The SMILES string of the molecule is CCOCC(=O)C(C)(C)C(C)C. The van der Waals surface area contributed by atoms with Gasteiger partial charge in [0, 0.05) is 12.0 Å². The maximum absolute atomic E-state index is 11.5. The lowest BCUT2D eigenvalue weighted by Gasteiger charge is -2.27. The third-order valence-electron chi connectivity index (χ3n) is 2.60. The maximum atomic E-state index is 11.5. The summed E-state index contributed by atoms with van der Waals surface area (Å²) in [5.41, 5.74) is -0.255. The van der Waals surface area contributed by atoms with Gasteiger partial charge in [-0.2, -0.15) is 0 Å². The molecule has 0 aromatic heterocycles. The fraction of sp³-hybridized carbons (Fsp3) is 0.900. The lowest BCUT2D eigenvalue weighted by atomic mass is 9.78. The fourth-order valence-corrected chi connectivity index (χ4v) is 0.703. The van der Waals surface area contributed by atoms with Crippen LogP contribution in [-0.2, 0) is 9.53 Å². The van der Waals surface area contributed by atoms with Crippen molar-refractivity contribution in [1.29, 1.82) is 0 Å². The lowest BCUT2D eigenvalue weighted by Crippen LogP contribution is -2.33.